The van der Waals surface area contributed by atoms with Gasteiger partial charge in [-0.2, -0.15) is 5.10 Å². The Kier molecular flexibility index (Phi) is 3.54. The van der Waals surface area contributed by atoms with Crippen molar-refractivity contribution >= 4 is 33.4 Å². The number of carbonyl (C=O) groups excluding carboxylic acids is 2. The van der Waals surface area contributed by atoms with Crippen molar-refractivity contribution in [3.63, 3.8) is 0 Å². The van der Waals surface area contributed by atoms with Gasteiger partial charge in [0, 0.05) is 5.39 Å². The molecule has 0 fully saturated rings. The standard InChI is InChI=1S/C20H14N2O3/c1-25-20(24)19(23)18-16-8-4-5-9-17(16)22(21-18)15-11-10-13-6-2-3-7-14(13)12-15/h2-12H,1H3. The van der Waals surface area contributed by atoms with Crippen molar-refractivity contribution in [2.45, 2.75) is 0 Å². The minimum Gasteiger partial charge on any atom is -0.463 e. The van der Waals surface area contributed by atoms with E-state index < -0.39 is 11.8 Å². The molecule has 5 heteroatoms. The lowest BCUT2D eigenvalue weighted by molar-refractivity contribution is -0.135. The summed E-state index contributed by atoms with van der Waals surface area (Å²) in [5.74, 6) is -1.67. The third kappa shape index (κ3) is 2.46. The fourth-order valence-electron chi connectivity index (χ4n) is 2.93. The van der Waals surface area contributed by atoms with Crippen molar-refractivity contribution in [2.75, 3.05) is 7.11 Å². The average Bonchev–Trinajstić information content (AvgIpc) is 3.06. The first kappa shape index (κ1) is 15.1. The molecule has 0 atom stereocenters. The summed E-state index contributed by atoms with van der Waals surface area (Å²) in [6, 6.07) is 21.3. The number of fused-ring (bicyclic) bond motifs is 2. The lowest BCUT2D eigenvalue weighted by atomic mass is 10.1. The second-order valence-corrected chi connectivity index (χ2v) is 5.63. The molecule has 4 aromatic rings. The molecule has 1 heterocycles. The van der Waals surface area contributed by atoms with Gasteiger partial charge in [-0.1, -0.05) is 48.5 Å². The first-order chi connectivity index (χ1) is 12.2. The normalized spacial score (nSPS) is 10.9. The van der Waals surface area contributed by atoms with E-state index in [2.05, 4.69) is 9.84 Å². The van der Waals surface area contributed by atoms with Crippen LogP contribution >= 0.6 is 0 Å². The topological polar surface area (TPSA) is 61.2 Å². The number of methoxy groups -OCH3 is 1. The fraction of sp³-hybridized carbons (Fsp3) is 0.0500. The summed E-state index contributed by atoms with van der Waals surface area (Å²) < 4.78 is 6.23. The Bertz CT molecular complexity index is 1130. The summed E-state index contributed by atoms with van der Waals surface area (Å²) in [4.78, 5) is 24.0. The molecule has 0 saturated heterocycles. The molecule has 0 aliphatic carbocycles. The van der Waals surface area contributed by atoms with Crippen LogP contribution in [0.2, 0.25) is 0 Å². The number of benzene rings is 3. The zero-order valence-corrected chi connectivity index (χ0v) is 13.5. The van der Waals surface area contributed by atoms with E-state index in [0.29, 0.717) is 5.39 Å². The van der Waals surface area contributed by atoms with Gasteiger partial charge in [-0.3, -0.25) is 4.79 Å². The SMILES string of the molecule is COC(=O)C(=O)c1nn(-c2ccc3ccccc3c2)c2ccccc12. The van der Waals surface area contributed by atoms with Gasteiger partial charge in [-0.15, -0.1) is 0 Å². The van der Waals surface area contributed by atoms with Gasteiger partial charge >= 0.3 is 5.97 Å². The maximum atomic E-state index is 12.3. The first-order valence-electron chi connectivity index (χ1n) is 7.78. The highest BCUT2D eigenvalue weighted by atomic mass is 16.5. The van der Waals surface area contributed by atoms with Gasteiger partial charge in [-0.05, 0) is 29.0 Å². The van der Waals surface area contributed by atoms with Crippen LogP contribution < -0.4 is 0 Å². The van der Waals surface area contributed by atoms with E-state index in [1.165, 1.54) is 7.11 Å². The monoisotopic (exact) mass is 330 g/mol. The molecule has 0 spiro atoms. The van der Waals surface area contributed by atoms with Gasteiger partial charge in [0.15, 0.2) is 0 Å². The Labute approximate surface area is 143 Å². The maximum Gasteiger partial charge on any atom is 0.381 e. The van der Waals surface area contributed by atoms with Crippen LogP contribution in [-0.2, 0) is 9.53 Å². The number of hydrogen-bond acceptors (Lipinski definition) is 4. The molecule has 0 radical (unpaired) electrons. The van der Waals surface area contributed by atoms with Crippen LogP contribution in [0.15, 0.2) is 66.7 Å². The second kappa shape index (κ2) is 5.87. The first-order valence-corrected chi connectivity index (χ1v) is 7.78. The molecule has 0 aliphatic heterocycles. The van der Waals surface area contributed by atoms with Crippen molar-refractivity contribution in [2.24, 2.45) is 0 Å². The molecule has 122 valence electrons. The number of ether oxygens (including phenoxy) is 1. The Morgan fingerprint density at radius 2 is 1.64 bits per heavy atom. The summed E-state index contributed by atoms with van der Waals surface area (Å²) in [6.45, 7) is 0. The molecule has 0 amide bonds. The smallest absolute Gasteiger partial charge is 0.381 e. The highest BCUT2D eigenvalue weighted by molar-refractivity contribution is 6.42. The van der Waals surface area contributed by atoms with E-state index in [1.807, 2.05) is 60.7 Å². The molecule has 0 bridgehead atoms. The number of hydrogen-bond donors (Lipinski definition) is 0. The summed E-state index contributed by atoms with van der Waals surface area (Å²) in [5.41, 5.74) is 1.67. The van der Waals surface area contributed by atoms with E-state index >= 15 is 0 Å². The molecule has 25 heavy (non-hydrogen) atoms. The molecule has 1 aromatic heterocycles. The predicted octanol–water partition coefficient (Wildman–Crippen LogP) is 3.53. The quantitative estimate of drug-likeness (QED) is 0.327. The fourth-order valence-corrected chi connectivity index (χ4v) is 2.93. The Morgan fingerprint density at radius 1 is 0.920 bits per heavy atom. The van der Waals surface area contributed by atoms with Crippen LogP contribution in [0.3, 0.4) is 0 Å². The molecular weight excluding hydrogens is 316 g/mol. The van der Waals surface area contributed by atoms with Crippen LogP contribution in [0.25, 0.3) is 27.4 Å². The molecular formula is C20H14N2O3. The zero-order valence-electron chi connectivity index (χ0n) is 13.5. The molecule has 0 N–H and O–H groups in total. The summed E-state index contributed by atoms with van der Waals surface area (Å²) in [6.07, 6.45) is 0. The van der Waals surface area contributed by atoms with Crippen LogP contribution in [0.4, 0.5) is 0 Å². The zero-order chi connectivity index (χ0) is 17.4. The highest BCUT2D eigenvalue weighted by Crippen LogP contribution is 2.25. The molecule has 0 saturated carbocycles. The predicted molar refractivity (Wildman–Crippen MR) is 94.9 cm³/mol. The number of rotatable bonds is 3. The van der Waals surface area contributed by atoms with Crippen molar-refractivity contribution in [1.82, 2.24) is 9.78 Å². The Morgan fingerprint density at radius 3 is 2.44 bits per heavy atom. The molecule has 5 nitrogen and oxygen atoms in total. The van der Waals surface area contributed by atoms with E-state index in [-0.39, 0.29) is 5.69 Å². The van der Waals surface area contributed by atoms with Gasteiger partial charge in [-0.25, -0.2) is 9.48 Å². The van der Waals surface area contributed by atoms with Crippen molar-refractivity contribution in [3.8, 4) is 5.69 Å². The average molecular weight is 330 g/mol. The van der Waals surface area contributed by atoms with Crippen LogP contribution in [-0.4, -0.2) is 28.6 Å². The van der Waals surface area contributed by atoms with Gasteiger partial charge < -0.3 is 4.74 Å². The highest BCUT2D eigenvalue weighted by Gasteiger charge is 2.24. The van der Waals surface area contributed by atoms with E-state index in [4.69, 9.17) is 0 Å². The minimum absolute atomic E-state index is 0.0932. The molecule has 4 rings (SSSR count). The number of esters is 1. The van der Waals surface area contributed by atoms with Crippen LogP contribution in [0, 0.1) is 0 Å². The van der Waals surface area contributed by atoms with E-state index in [9.17, 15) is 9.59 Å². The van der Waals surface area contributed by atoms with Gasteiger partial charge in [0.1, 0.15) is 5.69 Å². The second-order valence-electron chi connectivity index (χ2n) is 5.63. The lowest BCUT2D eigenvalue weighted by Crippen LogP contribution is -2.16. The number of ketones is 1. The maximum absolute atomic E-state index is 12.3. The van der Waals surface area contributed by atoms with E-state index in [0.717, 1.165) is 22.0 Å². The Balaban J connectivity index is 1.95. The van der Waals surface area contributed by atoms with E-state index in [1.54, 1.807) is 10.7 Å². The van der Waals surface area contributed by atoms with Crippen LogP contribution in [0.1, 0.15) is 10.5 Å². The molecule has 3 aromatic carbocycles. The number of Topliss-reactive ketones (excluding diaryl/α,β-unsaturated/α-hetero) is 1. The summed E-state index contributed by atoms with van der Waals surface area (Å²) in [7, 11) is 1.18. The molecule has 0 aliphatic rings. The van der Waals surface area contributed by atoms with Gasteiger partial charge in [0.25, 0.3) is 5.78 Å². The van der Waals surface area contributed by atoms with Gasteiger partial charge in [0.2, 0.25) is 0 Å². The van der Waals surface area contributed by atoms with Crippen LogP contribution in [0.5, 0.6) is 0 Å². The summed E-state index contributed by atoms with van der Waals surface area (Å²) in [5, 5.41) is 7.21. The lowest BCUT2D eigenvalue weighted by Gasteiger charge is -2.05. The third-order valence-electron chi connectivity index (χ3n) is 4.15. The van der Waals surface area contributed by atoms with Gasteiger partial charge in [0.05, 0.1) is 18.3 Å². The van der Waals surface area contributed by atoms with Crippen molar-refractivity contribution < 1.29 is 14.3 Å². The number of aromatic nitrogens is 2. The summed E-state index contributed by atoms with van der Waals surface area (Å²) >= 11 is 0. The number of para-hydroxylation sites is 1. The number of nitrogens with zero attached hydrogens (tertiary/aromatic N) is 2. The minimum atomic E-state index is -0.922. The largest absolute Gasteiger partial charge is 0.463 e. The Hall–Kier alpha value is -3.47. The number of carbonyl (C=O) groups is 2. The van der Waals surface area contributed by atoms with Crippen molar-refractivity contribution in [1.29, 1.82) is 0 Å². The van der Waals surface area contributed by atoms with Crippen molar-refractivity contribution in [3.05, 3.63) is 72.4 Å². The molecule has 0 unspecified atom stereocenters. The third-order valence-corrected chi connectivity index (χ3v) is 4.15.